The summed E-state index contributed by atoms with van der Waals surface area (Å²) in [6.07, 6.45) is 4.35. The molecule has 1 aliphatic carbocycles. The molecule has 0 spiro atoms. The van der Waals surface area contributed by atoms with Crippen molar-refractivity contribution in [1.29, 1.82) is 0 Å². The molecule has 0 atom stereocenters. The second-order valence-electron chi connectivity index (χ2n) is 6.24. The van der Waals surface area contributed by atoms with Crippen molar-refractivity contribution in [2.45, 2.75) is 44.7 Å². The lowest BCUT2D eigenvalue weighted by molar-refractivity contribution is 0.0654. The van der Waals surface area contributed by atoms with Crippen molar-refractivity contribution in [3.05, 3.63) is 51.5 Å². The third-order valence-electron chi connectivity index (χ3n) is 4.55. The molecular weight excluding hydrogens is 380 g/mol. The van der Waals surface area contributed by atoms with Crippen LogP contribution in [0.5, 0.6) is 0 Å². The van der Waals surface area contributed by atoms with E-state index in [9.17, 15) is 13.6 Å². The lowest BCUT2D eigenvalue weighted by atomic mass is 10.1. The van der Waals surface area contributed by atoms with E-state index in [1.165, 1.54) is 29.5 Å². The van der Waals surface area contributed by atoms with Crippen LogP contribution in [-0.4, -0.2) is 28.4 Å². The highest BCUT2D eigenvalue weighted by atomic mass is 35.5. The number of carbonyl (C=O) groups is 1. The number of nitrogens with two attached hydrogens (primary N) is 1. The van der Waals surface area contributed by atoms with E-state index in [-0.39, 0.29) is 36.5 Å². The number of nitrogens with zero attached hydrogens (tertiary/aromatic N) is 2. The van der Waals surface area contributed by atoms with Crippen molar-refractivity contribution in [2.24, 2.45) is 5.73 Å². The first-order valence-corrected chi connectivity index (χ1v) is 9.36. The molecule has 3 rings (SSSR count). The summed E-state index contributed by atoms with van der Waals surface area (Å²) in [6, 6.07) is 3.76. The quantitative estimate of drug-likeness (QED) is 0.797. The van der Waals surface area contributed by atoms with Crippen molar-refractivity contribution >= 4 is 29.7 Å². The fourth-order valence-electron chi connectivity index (χ4n) is 3.23. The summed E-state index contributed by atoms with van der Waals surface area (Å²) >= 11 is 1.39. The van der Waals surface area contributed by atoms with Gasteiger partial charge in [-0.15, -0.1) is 23.7 Å². The highest BCUT2D eigenvalue weighted by Crippen LogP contribution is 2.28. The second kappa shape index (κ2) is 9.39. The summed E-state index contributed by atoms with van der Waals surface area (Å²) in [5.41, 5.74) is 5.79. The maximum absolute atomic E-state index is 14.1. The molecular formula is C18H22ClF2N3OS. The number of amides is 1. The summed E-state index contributed by atoms with van der Waals surface area (Å²) in [5.74, 6) is -1.52. The van der Waals surface area contributed by atoms with Crippen LogP contribution in [0.15, 0.2) is 23.6 Å². The molecule has 0 saturated heterocycles. The normalized spacial score (nSPS) is 14.3. The van der Waals surface area contributed by atoms with Gasteiger partial charge in [-0.05, 0) is 31.5 Å². The lowest BCUT2D eigenvalue weighted by Crippen LogP contribution is -2.39. The minimum Gasteiger partial charge on any atom is -0.330 e. The first kappa shape index (κ1) is 20.7. The fourth-order valence-corrected chi connectivity index (χ4v) is 4.02. The minimum absolute atomic E-state index is 0. The van der Waals surface area contributed by atoms with Gasteiger partial charge < -0.3 is 10.6 Å². The van der Waals surface area contributed by atoms with Gasteiger partial charge in [0.05, 0.1) is 11.6 Å². The zero-order valence-electron chi connectivity index (χ0n) is 14.3. The van der Waals surface area contributed by atoms with E-state index in [0.29, 0.717) is 18.7 Å². The van der Waals surface area contributed by atoms with Crippen LogP contribution in [-0.2, 0) is 13.0 Å². The monoisotopic (exact) mass is 401 g/mol. The van der Waals surface area contributed by atoms with E-state index in [4.69, 9.17) is 5.73 Å². The lowest BCUT2D eigenvalue weighted by Gasteiger charge is -2.28. The Hall–Kier alpha value is -1.57. The Bertz CT molecular complexity index is 730. The molecule has 1 saturated carbocycles. The summed E-state index contributed by atoms with van der Waals surface area (Å²) in [7, 11) is 0. The fraction of sp³-hybridized carbons (Fsp3) is 0.444. The number of carbonyl (C=O) groups excluding carboxylic acids is 1. The average Bonchev–Trinajstić information content (AvgIpc) is 3.26. The Morgan fingerprint density at radius 3 is 2.54 bits per heavy atom. The van der Waals surface area contributed by atoms with Crippen molar-refractivity contribution in [3.63, 3.8) is 0 Å². The van der Waals surface area contributed by atoms with E-state index in [2.05, 4.69) is 4.98 Å². The largest absolute Gasteiger partial charge is 0.330 e. The molecule has 0 aliphatic heterocycles. The maximum atomic E-state index is 14.1. The van der Waals surface area contributed by atoms with Gasteiger partial charge in [0.1, 0.15) is 17.3 Å². The number of benzene rings is 1. The molecule has 0 unspecified atom stereocenters. The van der Waals surface area contributed by atoms with Crippen LogP contribution >= 0.6 is 23.7 Å². The van der Waals surface area contributed by atoms with Crippen LogP contribution in [0.25, 0.3) is 0 Å². The van der Waals surface area contributed by atoms with E-state index < -0.39 is 11.6 Å². The van der Waals surface area contributed by atoms with Gasteiger partial charge in [0, 0.05) is 23.4 Å². The first-order chi connectivity index (χ1) is 12.1. The summed E-state index contributed by atoms with van der Waals surface area (Å²) in [4.78, 5) is 18.9. The van der Waals surface area contributed by atoms with Gasteiger partial charge in [-0.2, -0.15) is 0 Å². The van der Waals surface area contributed by atoms with Crippen LogP contribution in [0.1, 0.15) is 46.7 Å². The third-order valence-corrected chi connectivity index (χ3v) is 5.45. The van der Waals surface area contributed by atoms with Crippen LogP contribution in [0.2, 0.25) is 0 Å². The Morgan fingerprint density at radius 1 is 1.27 bits per heavy atom. The van der Waals surface area contributed by atoms with Crippen LogP contribution in [0.3, 0.4) is 0 Å². The van der Waals surface area contributed by atoms with Gasteiger partial charge >= 0.3 is 0 Å². The molecule has 4 nitrogen and oxygen atoms in total. The van der Waals surface area contributed by atoms with Gasteiger partial charge in [0.15, 0.2) is 0 Å². The molecule has 1 heterocycles. The average molecular weight is 402 g/mol. The number of thiazole rings is 1. The molecule has 1 aromatic carbocycles. The predicted molar refractivity (Wildman–Crippen MR) is 101 cm³/mol. The predicted octanol–water partition coefficient (Wildman–Crippen LogP) is 3.93. The maximum Gasteiger partial charge on any atom is 0.273 e. The number of rotatable bonds is 6. The van der Waals surface area contributed by atoms with Gasteiger partial charge in [0.2, 0.25) is 0 Å². The third kappa shape index (κ3) is 4.58. The van der Waals surface area contributed by atoms with Crippen molar-refractivity contribution in [2.75, 3.05) is 6.54 Å². The molecule has 2 N–H and O–H groups in total. The van der Waals surface area contributed by atoms with Crippen LogP contribution in [0.4, 0.5) is 8.78 Å². The topological polar surface area (TPSA) is 59.2 Å². The Labute approximate surface area is 161 Å². The Morgan fingerprint density at radius 2 is 1.92 bits per heavy atom. The number of hydrogen-bond donors (Lipinski definition) is 1. The van der Waals surface area contributed by atoms with E-state index in [0.717, 1.165) is 30.7 Å². The van der Waals surface area contributed by atoms with Gasteiger partial charge in [-0.25, -0.2) is 13.8 Å². The first-order valence-electron chi connectivity index (χ1n) is 8.48. The molecule has 0 bridgehead atoms. The van der Waals surface area contributed by atoms with E-state index >= 15 is 0 Å². The highest BCUT2D eigenvalue weighted by Gasteiger charge is 2.30. The van der Waals surface area contributed by atoms with Crippen LogP contribution in [0, 0.1) is 11.6 Å². The van der Waals surface area contributed by atoms with Gasteiger partial charge in [-0.1, -0.05) is 18.9 Å². The smallest absolute Gasteiger partial charge is 0.273 e. The van der Waals surface area contributed by atoms with E-state index in [1.54, 1.807) is 10.3 Å². The second-order valence-corrected chi connectivity index (χ2v) is 7.18. The standard InChI is InChI=1S/C18H21F2N3OS.ClH/c19-14-6-3-7-15(20)13(14)10-23(12-4-1-2-5-12)18(24)16-11-25-17(22-16)8-9-21;/h3,6-7,11-12H,1-2,4-5,8-10,21H2;1H. The minimum atomic E-state index is -0.627. The highest BCUT2D eigenvalue weighted by molar-refractivity contribution is 7.09. The Kier molecular flexibility index (Phi) is 7.49. The summed E-state index contributed by atoms with van der Waals surface area (Å²) in [5, 5.41) is 2.50. The molecule has 1 fully saturated rings. The summed E-state index contributed by atoms with van der Waals surface area (Å²) < 4.78 is 28.1. The molecule has 1 aliphatic rings. The molecule has 0 radical (unpaired) electrons. The summed E-state index contributed by atoms with van der Waals surface area (Å²) in [6.45, 7) is 0.389. The molecule has 142 valence electrons. The molecule has 2 aromatic rings. The molecule has 8 heteroatoms. The zero-order chi connectivity index (χ0) is 17.8. The molecule has 26 heavy (non-hydrogen) atoms. The number of halogens is 3. The van der Waals surface area contributed by atoms with Crippen molar-refractivity contribution < 1.29 is 13.6 Å². The van der Waals surface area contributed by atoms with Gasteiger partial charge in [-0.3, -0.25) is 4.79 Å². The van der Waals surface area contributed by atoms with Crippen molar-refractivity contribution in [3.8, 4) is 0 Å². The van der Waals surface area contributed by atoms with Crippen LogP contribution < -0.4 is 5.73 Å². The van der Waals surface area contributed by atoms with E-state index in [1.807, 2.05) is 0 Å². The van der Waals surface area contributed by atoms with Gasteiger partial charge in [0.25, 0.3) is 5.91 Å². The number of hydrogen-bond acceptors (Lipinski definition) is 4. The zero-order valence-corrected chi connectivity index (χ0v) is 15.9. The Balaban J connectivity index is 0.00000243. The molecule has 1 amide bonds. The SMILES string of the molecule is Cl.NCCc1nc(C(=O)N(Cc2c(F)cccc2F)C2CCCC2)cs1. The van der Waals surface area contributed by atoms with Crippen molar-refractivity contribution in [1.82, 2.24) is 9.88 Å². The molecule has 1 aromatic heterocycles. The number of aromatic nitrogens is 1.